The van der Waals surface area contributed by atoms with Crippen LogP contribution in [0.1, 0.15) is 39.2 Å². The maximum Gasteiger partial charge on any atom is 0.317 e. The Balaban J connectivity index is 1.88. The number of hydrogen-bond donors (Lipinski definition) is 2. The van der Waals surface area contributed by atoms with E-state index in [-0.39, 0.29) is 24.5 Å². The SMILES string of the molecule is CCN(CC(=O)O)C1CC(NC(=O)C(C)(C)Cc2ccccc2OC)C1. The Morgan fingerprint density at radius 2 is 1.96 bits per heavy atom. The van der Waals surface area contributed by atoms with Crippen molar-refractivity contribution in [3.8, 4) is 5.75 Å². The Kier molecular flexibility index (Phi) is 6.64. The van der Waals surface area contributed by atoms with Gasteiger partial charge in [-0.1, -0.05) is 39.0 Å². The van der Waals surface area contributed by atoms with Crippen molar-refractivity contribution in [2.75, 3.05) is 20.2 Å². The number of likely N-dealkylation sites (N-methyl/N-ethyl adjacent to an activating group) is 1. The van der Waals surface area contributed by atoms with E-state index in [9.17, 15) is 9.59 Å². The highest BCUT2D eigenvalue weighted by Gasteiger charge is 2.37. The Bertz CT molecular complexity index is 638. The maximum absolute atomic E-state index is 12.7. The number of hydrogen-bond acceptors (Lipinski definition) is 4. The average molecular weight is 362 g/mol. The summed E-state index contributed by atoms with van der Waals surface area (Å²) in [4.78, 5) is 25.6. The molecule has 0 aliphatic heterocycles. The van der Waals surface area contributed by atoms with Gasteiger partial charge in [0.2, 0.25) is 5.91 Å². The van der Waals surface area contributed by atoms with Gasteiger partial charge in [0.05, 0.1) is 13.7 Å². The molecule has 0 atom stereocenters. The molecule has 0 bridgehead atoms. The fourth-order valence-electron chi connectivity index (χ4n) is 3.46. The Hall–Kier alpha value is -2.08. The third-order valence-electron chi connectivity index (χ3n) is 5.15. The summed E-state index contributed by atoms with van der Waals surface area (Å²) in [5.41, 5.74) is 0.464. The van der Waals surface area contributed by atoms with Gasteiger partial charge in [0.15, 0.2) is 0 Å². The second-order valence-corrected chi connectivity index (χ2v) is 7.62. The highest BCUT2D eigenvalue weighted by Crippen LogP contribution is 2.30. The van der Waals surface area contributed by atoms with E-state index >= 15 is 0 Å². The molecule has 0 radical (unpaired) electrons. The molecule has 1 saturated carbocycles. The molecule has 2 rings (SSSR count). The number of carboxylic acids is 1. The van der Waals surface area contributed by atoms with Crippen LogP contribution in [0.3, 0.4) is 0 Å². The molecular formula is C20H30N2O4. The number of carbonyl (C=O) groups excluding carboxylic acids is 1. The summed E-state index contributed by atoms with van der Waals surface area (Å²) >= 11 is 0. The van der Waals surface area contributed by atoms with E-state index in [0.717, 1.165) is 24.2 Å². The van der Waals surface area contributed by atoms with Crippen molar-refractivity contribution in [1.82, 2.24) is 10.2 Å². The number of aliphatic carboxylic acids is 1. The van der Waals surface area contributed by atoms with Crippen molar-refractivity contribution in [3.63, 3.8) is 0 Å². The lowest BCUT2D eigenvalue weighted by Gasteiger charge is -2.43. The molecule has 1 aliphatic rings. The molecule has 1 aliphatic carbocycles. The molecule has 0 heterocycles. The summed E-state index contributed by atoms with van der Waals surface area (Å²) in [6.45, 7) is 6.60. The zero-order valence-corrected chi connectivity index (χ0v) is 16.1. The first-order valence-electron chi connectivity index (χ1n) is 9.15. The molecule has 0 unspecified atom stereocenters. The van der Waals surface area contributed by atoms with Crippen molar-refractivity contribution >= 4 is 11.9 Å². The summed E-state index contributed by atoms with van der Waals surface area (Å²) in [6.07, 6.45) is 2.20. The molecule has 6 nitrogen and oxygen atoms in total. The number of methoxy groups -OCH3 is 1. The molecule has 1 aromatic rings. The van der Waals surface area contributed by atoms with E-state index in [1.807, 2.05) is 49.9 Å². The number of amides is 1. The zero-order chi connectivity index (χ0) is 19.3. The molecule has 0 aromatic heterocycles. The highest BCUT2D eigenvalue weighted by atomic mass is 16.5. The van der Waals surface area contributed by atoms with Crippen LogP contribution in [0.25, 0.3) is 0 Å². The van der Waals surface area contributed by atoms with Crippen molar-refractivity contribution in [2.24, 2.45) is 5.41 Å². The van der Waals surface area contributed by atoms with Crippen LogP contribution >= 0.6 is 0 Å². The molecule has 1 aromatic carbocycles. The summed E-state index contributed by atoms with van der Waals surface area (Å²) in [5.74, 6) is 0.00904. The molecule has 6 heteroatoms. The number of para-hydroxylation sites is 1. The van der Waals surface area contributed by atoms with Crippen LogP contribution in [0.15, 0.2) is 24.3 Å². The van der Waals surface area contributed by atoms with Gasteiger partial charge < -0.3 is 15.2 Å². The average Bonchev–Trinajstić information content (AvgIpc) is 2.55. The molecule has 2 N–H and O–H groups in total. The lowest BCUT2D eigenvalue weighted by atomic mass is 9.81. The maximum atomic E-state index is 12.7. The van der Waals surface area contributed by atoms with Gasteiger partial charge in [0.1, 0.15) is 5.75 Å². The Morgan fingerprint density at radius 3 is 2.54 bits per heavy atom. The molecule has 1 fully saturated rings. The first-order chi connectivity index (χ1) is 12.3. The van der Waals surface area contributed by atoms with Gasteiger partial charge >= 0.3 is 5.97 Å². The predicted molar refractivity (Wildman–Crippen MR) is 100 cm³/mol. The first-order valence-corrected chi connectivity index (χ1v) is 9.15. The van der Waals surface area contributed by atoms with E-state index in [1.165, 1.54) is 0 Å². The normalized spacial score (nSPS) is 19.7. The van der Waals surface area contributed by atoms with Crippen LogP contribution in [-0.2, 0) is 16.0 Å². The minimum atomic E-state index is -0.808. The van der Waals surface area contributed by atoms with Gasteiger partial charge in [-0.15, -0.1) is 0 Å². The minimum Gasteiger partial charge on any atom is -0.496 e. The third-order valence-corrected chi connectivity index (χ3v) is 5.15. The quantitative estimate of drug-likeness (QED) is 0.705. The second kappa shape index (κ2) is 8.54. The van der Waals surface area contributed by atoms with E-state index in [0.29, 0.717) is 13.0 Å². The van der Waals surface area contributed by atoms with Crippen molar-refractivity contribution in [3.05, 3.63) is 29.8 Å². The van der Waals surface area contributed by atoms with Crippen LogP contribution in [-0.4, -0.2) is 54.2 Å². The van der Waals surface area contributed by atoms with Crippen LogP contribution in [0, 0.1) is 5.41 Å². The van der Waals surface area contributed by atoms with Gasteiger partial charge in [-0.3, -0.25) is 14.5 Å². The Morgan fingerprint density at radius 1 is 1.31 bits per heavy atom. The molecule has 144 valence electrons. The van der Waals surface area contributed by atoms with Gasteiger partial charge in [0.25, 0.3) is 0 Å². The van der Waals surface area contributed by atoms with Crippen molar-refractivity contribution < 1.29 is 19.4 Å². The number of ether oxygens (including phenoxy) is 1. The van der Waals surface area contributed by atoms with Crippen molar-refractivity contribution in [2.45, 2.75) is 52.1 Å². The number of carbonyl (C=O) groups is 2. The molecule has 26 heavy (non-hydrogen) atoms. The topological polar surface area (TPSA) is 78.9 Å². The fraction of sp³-hybridized carbons (Fsp3) is 0.600. The van der Waals surface area contributed by atoms with E-state index in [1.54, 1.807) is 7.11 Å². The van der Waals surface area contributed by atoms with Gasteiger partial charge in [-0.2, -0.15) is 0 Å². The van der Waals surface area contributed by atoms with Gasteiger partial charge in [-0.05, 0) is 37.4 Å². The number of nitrogens with one attached hydrogen (secondary N) is 1. The van der Waals surface area contributed by atoms with E-state index in [4.69, 9.17) is 9.84 Å². The second-order valence-electron chi connectivity index (χ2n) is 7.62. The summed E-state index contributed by atoms with van der Waals surface area (Å²) in [7, 11) is 1.64. The van der Waals surface area contributed by atoms with E-state index < -0.39 is 11.4 Å². The lowest BCUT2D eigenvalue weighted by molar-refractivity contribution is -0.140. The van der Waals surface area contributed by atoms with Crippen molar-refractivity contribution in [1.29, 1.82) is 0 Å². The monoisotopic (exact) mass is 362 g/mol. The standard InChI is InChI=1S/C20H30N2O4/c1-5-22(13-18(23)24)16-10-15(11-16)21-19(25)20(2,3)12-14-8-6-7-9-17(14)26-4/h6-9,15-16H,5,10-13H2,1-4H3,(H,21,25)(H,23,24). The molecule has 1 amide bonds. The molecular weight excluding hydrogens is 332 g/mol. The number of nitrogens with zero attached hydrogens (tertiary/aromatic N) is 1. The van der Waals surface area contributed by atoms with Gasteiger partial charge in [-0.25, -0.2) is 0 Å². The zero-order valence-electron chi connectivity index (χ0n) is 16.1. The van der Waals surface area contributed by atoms with Gasteiger partial charge in [0, 0.05) is 17.5 Å². The molecule has 0 saturated heterocycles. The number of benzene rings is 1. The predicted octanol–water partition coefficient (Wildman–Crippen LogP) is 2.32. The lowest BCUT2D eigenvalue weighted by Crippen LogP contribution is -2.56. The summed E-state index contributed by atoms with van der Waals surface area (Å²) in [5, 5.41) is 12.1. The molecule has 0 spiro atoms. The van der Waals surface area contributed by atoms with Crippen LogP contribution in [0.4, 0.5) is 0 Å². The van der Waals surface area contributed by atoms with E-state index in [2.05, 4.69) is 5.32 Å². The highest BCUT2D eigenvalue weighted by molar-refractivity contribution is 5.82. The first kappa shape index (κ1) is 20.2. The number of rotatable bonds is 9. The minimum absolute atomic E-state index is 0.0214. The summed E-state index contributed by atoms with van der Waals surface area (Å²) in [6, 6.07) is 8.11. The van der Waals surface area contributed by atoms with Crippen LogP contribution in [0.5, 0.6) is 5.75 Å². The summed E-state index contributed by atoms with van der Waals surface area (Å²) < 4.78 is 5.38. The fourth-order valence-corrected chi connectivity index (χ4v) is 3.46. The third kappa shape index (κ3) is 4.97. The Labute approximate surface area is 155 Å². The van der Waals surface area contributed by atoms with Crippen LogP contribution < -0.4 is 10.1 Å². The number of carboxylic acid groups (broad SMARTS) is 1. The largest absolute Gasteiger partial charge is 0.496 e. The smallest absolute Gasteiger partial charge is 0.317 e. The van der Waals surface area contributed by atoms with Crippen LogP contribution in [0.2, 0.25) is 0 Å².